The summed E-state index contributed by atoms with van der Waals surface area (Å²) in [6, 6.07) is 12.7. The van der Waals surface area contributed by atoms with Crippen molar-refractivity contribution in [1.82, 2.24) is 25.1 Å². The zero-order valence-electron chi connectivity index (χ0n) is 17.8. The first kappa shape index (κ1) is 19.1. The lowest BCUT2D eigenvalue weighted by atomic mass is 9.94. The molecular weight excluding hydrogens is 418 g/mol. The van der Waals surface area contributed by atoms with Gasteiger partial charge in [-0.25, -0.2) is 15.0 Å². The molecule has 3 heterocycles. The molecule has 0 saturated heterocycles. The maximum Gasteiger partial charge on any atom is 0.222 e. The van der Waals surface area contributed by atoms with Crippen LogP contribution in [-0.2, 0) is 0 Å². The second-order valence-electron chi connectivity index (χ2n) is 8.07. The summed E-state index contributed by atoms with van der Waals surface area (Å²) < 4.78 is 0. The minimum absolute atomic E-state index is 0.596. The Kier molecular flexibility index (Phi) is 4.46. The highest BCUT2D eigenvalue weighted by Crippen LogP contribution is 2.43. The number of fused-ring (bicyclic) bond motifs is 2. The molecule has 0 amide bonds. The average molecular weight is 440 g/mol. The largest absolute Gasteiger partial charge is 0.357 e. The first-order valence-corrected chi connectivity index (χ1v) is 11.4. The first-order chi connectivity index (χ1) is 15.7. The monoisotopic (exact) mass is 439 g/mol. The van der Waals surface area contributed by atoms with Gasteiger partial charge in [0.2, 0.25) is 11.1 Å². The van der Waals surface area contributed by atoms with Crippen molar-refractivity contribution in [3.63, 3.8) is 0 Å². The molecule has 0 atom stereocenters. The van der Waals surface area contributed by atoms with Crippen molar-refractivity contribution in [3.05, 3.63) is 59.4 Å². The molecule has 1 aliphatic rings. The summed E-state index contributed by atoms with van der Waals surface area (Å²) in [7, 11) is 1.82. The molecule has 0 unspecified atom stereocenters. The molecule has 158 valence electrons. The van der Waals surface area contributed by atoms with E-state index in [9.17, 15) is 0 Å². The van der Waals surface area contributed by atoms with E-state index in [1.165, 1.54) is 24.0 Å². The second-order valence-corrected chi connectivity index (χ2v) is 9.08. The third-order valence-electron chi connectivity index (χ3n) is 5.84. The predicted molar refractivity (Wildman–Crippen MR) is 130 cm³/mol. The molecule has 5 aromatic rings. The maximum atomic E-state index is 4.61. The van der Waals surface area contributed by atoms with E-state index < -0.39 is 0 Å². The Morgan fingerprint density at radius 1 is 1.00 bits per heavy atom. The van der Waals surface area contributed by atoms with Crippen molar-refractivity contribution in [3.8, 4) is 11.1 Å². The van der Waals surface area contributed by atoms with E-state index in [1.54, 1.807) is 11.3 Å². The quantitative estimate of drug-likeness (QED) is 0.365. The van der Waals surface area contributed by atoms with Crippen LogP contribution >= 0.6 is 11.3 Å². The van der Waals surface area contributed by atoms with Crippen LogP contribution in [0.25, 0.3) is 32.8 Å². The number of anilines is 3. The predicted octanol–water partition coefficient (Wildman–Crippen LogP) is 5.67. The molecule has 0 aliphatic heterocycles. The smallest absolute Gasteiger partial charge is 0.222 e. The Hall–Kier alpha value is -3.65. The molecule has 3 aromatic heterocycles. The summed E-state index contributed by atoms with van der Waals surface area (Å²) in [6.45, 7) is 2.14. The van der Waals surface area contributed by atoms with E-state index in [0.717, 1.165) is 43.2 Å². The Morgan fingerprint density at radius 3 is 2.75 bits per heavy atom. The number of aromatic nitrogens is 5. The third kappa shape index (κ3) is 3.33. The van der Waals surface area contributed by atoms with Gasteiger partial charge >= 0.3 is 0 Å². The van der Waals surface area contributed by atoms with Gasteiger partial charge in [-0.15, -0.1) is 10.2 Å². The number of pyridine rings is 1. The van der Waals surface area contributed by atoms with Gasteiger partial charge in [-0.1, -0.05) is 29.5 Å². The van der Waals surface area contributed by atoms with Crippen LogP contribution in [0, 0.1) is 6.92 Å². The van der Waals surface area contributed by atoms with Crippen LogP contribution in [0.3, 0.4) is 0 Å². The lowest BCUT2D eigenvalue weighted by molar-refractivity contribution is 0.977. The van der Waals surface area contributed by atoms with E-state index >= 15 is 0 Å². The number of aryl methyl sites for hydroxylation is 1. The van der Waals surface area contributed by atoms with Gasteiger partial charge in [-0.2, -0.15) is 0 Å². The highest BCUT2D eigenvalue weighted by atomic mass is 32.1. The Balaban J connectivity index is 1.44. The molecule has 1 saturated carbocycles. The van der Waals surface area contributed by atoms with Gasteiger partial charge in [0, 0.05) is 36.1 Å². The number of rotatable bonds is 5. The van der Waals surface area contributed by atoms with Crippen molar-refractivity contribution in [2.24, 2.45) is 0 Å². The fourth-order valence-corrected chi connectivity index (χ4v) is 4.95. The van der Waals surface area contributed by atoms with Crippen molar-refractivity contribution in [2.75, 3.05) is 17.7 Å². The minimum Gasteiger partial charge on any atom is -0.357 e. The molecule has 1 fully saturated rings. The molecule has 8 heteroatoms. The summed E-state index contributed by atoms with van der Waals surface area (Å²) in [5, 5.41) is 20.2. The molecule has 32 heavy (non-hydrogen) atoms. The van der Waals surface area contributed by atoms with Crippen LogP contribution in [0.4, 0.5) is 16.9 Å². The molecule has 0 bridgehead atoms. The highest BCUT2D eigenvalue weighted by molar-refractivity contribution is 7.15. The molecule has 2 N–H and O–H groups in total. The van der Waals surface area contributed by atoms with Gasteiger partial charge < -0.3 is 10.6 Å². The van der Waals surface area contributed by atoms with E-state index in [4.69, 9.17) is 0 Å². The van der Waals surface area contributed by atoms with E-state index in [2.05, 4.69) is 73.0 Å². The SMILES string of the molecule is CNc1ncc2cc(-c3c(C)ccc4c(Nc5nnc(C6CC6)s5)nccc34)ccc2n1. The molecule has 6 rings (SSSR count). The first-order valence-electron chi connectivity index (χ1n) is 10.6. The van der Waals surface area contributed by atoms with Gasteiger partial charge in [-0.05, 0) is 60.0 Å². The molecule has 0 radical (unpaired) electrons. The van der Waals surface area contributed by atoms with Crippen molar-refractivity contribution in [2.45, 2.75) is 25.7 Å². The summed E-state index contributed by atoms with van der Waals surface area (Å²) in [4.78, 5) is 13.5. The Labute approximate surface area is 189 Å². The van der Waals surface area contributed by atoms with Gasteiger partial charge in [0.1, 0.15) is 10.8 Å². The minimum atomic E-state index is 0.596. The normalized spacial score (nSPS) is 13.6. The van der Waals surface area contributed by atoms with Crippen molar-refractivity contribution >= 4 is 49.9 Å². The number of hydrogen-bond acceptors (Lipinski definition) is 8. The van der Waals surface area contributed by atoms with Crippen molar-refractivity contribution in [1.29, 1.82) is 0 Å². The second kappa shape index (κ2) is 7.49. The number of nitrogens with zero attached hydrogens (tertiary/aromatic N) is 5. The Morgan fingerprint density at radius 2 is 1.91 bits per heavy atom. The van der Waals surface area contributed by atoms with Gasteiger partial charge in [0.05, 0.1) is 5.52 Å². The van der Waals surface area contributed by atoms with E-state index in [1.807, 2.05) is 25.5 Å². The topological polar surface area (TPSA) is 88.5 Å². The van der Waals surface area contributed by atoms with Crippen LogP contribution in [0.15, 0.2) is 48.8 Å². The molecule has 7 nitrogen and oxygen atoms in total. The zero-order valence-corrected chi connectivity index (χ0v) is 18.6. The van der Waals surface area contributed by atoms with Gasteiger partial charge in [-0.3, -0.25) is 0 Å². The van der Waals surface area contributed by atoms with Gasteiger partial charge in [0.15, 0.2) is 0 Å². The molecule has 1 aliphatic carbocycles. The third-order valence-corrected chi connectivity index (χ3v) is 6.84. The van der Waals surface area contributed by atoms with E-state index in [-0.39, 0.29) is 0 Å². The lowest BCUT2D eigenvalue weighted by Gasteiger charge is -2.14. The zero-order chi connectivity index (χ0) is 21.7. The van der Waals surface area contributed by atoms with Crippen molar-refractivity contribution < 1.29 is 0 Å². The summed E-state index contributed by atoms with van der Waals surface area (Å²) >= 11 is 1.62. The number of benzene rings is 2. The Bertz CT molecular complexity index is 1470. The molecular formula is C24H21N7S. The van der Waals surface area contributed by atoms with Crippen LogP contribution in [0.1, 0.15) is 29.3 Å². The van der Waals surface area contributed by atoms with Crippen LogP contribution in [0.5, 0.6) is 0 Å². The fourth-order valence-electron chi connectivity index (χ4n) is 4.04. The summed E-state index contributed by atoms with van der Waals surface area (Å²) in [5.41, 5.74) is 4.43. The van der Waals surface area contributed by atoms with Crippen LogP contribution < -0.4 is 10.6 Å². The highest BCUT2D eigenvalue weighted by Gasteiger charge is 2.27. The number of nitrogens with one attached hydrogen (secondary N) is 2. The lowest BCUT2D eigenvalue weighted by Crippen LogP contribution is -1.97. The average Bonchev–Trinajstić information content (AvgIpc) is 3.57. The molecule has 0 spiro atoms. The van der Waals surface area contributed by atoms with Crippen LogP contribution in [0.2, 0.25) is 0 Å². The fraction of sp³-hybridized carbons (Fsp3) is 0.208. The standard InChI is InChI=1S/C24H21N7S/c1-13-3-7-18-17(9-10-26-21(18)29-24-31-30-22(32-24)14-4-5-14)20(13)15-6-8-19-16(11-15)12-27-23(25-2)28-19/h3,6-12,14H,4-5H2,1-2H3,(H,25,27,28)(H,26,29,31). The van der Waals surface area contributed by atoms with Gasteiger partial charge in [0.25, 0.3) is 0 Å². The van der Waals surface area contributed by atoms with E-state index in [0.29, 0.717) is 11.9 Å². The summed E-state index contributed by atoms with van der Waals surface area (Å²) in [6.07, 6.45) is 6.15. The maximum absolute atomic E-state index is 4.61. The van der Waals surface area contributed by atoms with Crippen LogP contribution in [-0.4, -0.2) is 32.2 Å². The summed E-state index contributed by atoms with van der Waals surface area (Å²) in [5.74, 6) is 2.01. The molecule has 2 aromatic carbocycles. The number of hydrogen-bond donors (Lipinski definition) is 2.